The molecule has 1 rings (SSSR count). The predicted octanol–water partition coefficient (Wildman–Crippen LogP) is 2.00. The second-order valence-corrected chi connectivity index (χ2v) is 3.98. The predicted molar refractivity (Wildman–Crippen MR) is 56.4 cm³/mol. The van der Waals surface area contributed by atoms with E-state index >= 15 is 0 Å². The van der Waals surface area contributed by atoms with Gasteiger partial charge in [0.15, 0.2) is 5.00 Å². The number of aliphatic imine (C=N–C) groups is 1. The van der Waals surface area contributed by atoms with Crippen LogP contribution in [0.25, 0.3) is 0 Å². The number of hydrogen-bond donors (Lipinski definition) is 0. The van der Waals surface area contributed by atoms with Crippen molar-refractivity contribution < 1.29 is 0 Å². The van der Waals surface area contributed by atoms with Crippen LogP contribution >= 0.6 is 27.5 Å². The summed E-state index contributed by atoms with van der Waals surface area (Å²) in [6, 6.07) is 2.04. The maximum atomic E-state index is 8.75. The smallest absolute Gasteiger partial charge is 0.156 e. The fourth-order valence-electron chi connectivity index (χ4n) is 0.613. The molecule has 0 saturated heterocycles. The molecule has 0 aliphatic rings. The Morgan fingerprint density at radius 1 is 1.69 bits per heavy atom. The van der Waals surface area contributed by atoms with Crippen LogP contribution in [0.1, 0.15) is 5.56 Å². The molecule has 0 aliphatic heterocycles. The summed E-state index contributed by atoms with van der Waals surface area (Å²) in [6.07, 6.45) is 1.64. The van der Waals surface area contributed by atoms with E-state index < -0.39 is 0 Å². The van der Waals surface area contributed by atoms with Crippen molar-refractivity contribution in [2.45, 2.75) is 0 Å². The van der Waals surface area contributed by atoms with Crippen LogP contribution in [0.4, 0.5) is 5.00 Å². The Hall–Kier alpha value is -0.930. The first-order valence-electron chi connectivity index (χ1n) is 3.41. The zero-order valence-electron chi connectivity index (χ0n) is 7.15. The molecule has 0 spiro atoms. The van der Waals surface area contributed by atoms with Crippen molar-refractivity contribution in [1.29, 1.82) is 5.26 Å². The third kappa shape index (κ3) is 2.50. The van der Waals surface area contributed by atoms with Crippen LogP contribution in [0, 0.1) is 11.3 Å². The van der Waals surface area contributed by atoms with E-state index in [2.05, 4.69) is 25.3 Å². The minimum Gasteiger partial charge on any atom is -0.369 e. The zero-order chi connectivity index (χ0) is 9.84. The quantitative estimate of drug-likeness (QED) is 0.603. The van der Waals surface area contributed by atoms with Crippen LogP contribution in [0.2, 0.25) is 0 Å². The largest absolute Gasteiger partial charge is 0.369 e. The summed E-state index contributed by atoms with van der Waals surface area (Å²) in [4.78, 5) is 5.90. The Labute approximate surface area is 88.8 Å². The van der Waals surface area contributed by atoms with Gasteiger partial charge in [-0.15, -0.1) is 0 Å². The van der Waals surface area contributed by atoms with Crippen molar-refractivity contribution in [3.63, 3.8) is 0 Å². The Morgan fingerprint density at radius 3 is 2.92 bits per heavy atom. The molecule has 1 aromatic rings. The lowest BCUT2D eigenvalue weighted by molar-refractivity contribution is 0.643. The van der Waals surface area contributed by atoms with Crippen molar-refractivity contribution in [3.05, 3.63) is 10.2 Å². The second kappa shape index (κ2) is 4.35. The lowest BCUT2D eigenvalue weighted by atomic mass is 10.4. The number of halogens is 1. The summed E-state index contributed by atoms with van der Waals surface area (Å²) >= 11 is 4.37. The lowest BCUT2D eigenvalue weighted by Crippen LogP contribution is -2.06. The van der Waals surface area contributed by atoms with E-state index in [1.807, 2.05) is 20.2 Å². The molecule has 0 unspecified atom stereocenters. The monoisotopic (exact) mass is 258 g/mol. The highest BCUT2D eigenvalue weighted by Gasteiger charge is 2.09. The Morgan fingerprint density at radius 2 is 2.38 bits per heavy atom. The molecule has 1 aromatic heterocycles. The molecule has 4 nitrogen and oxygen atoms in total. The van der Waals surface area contributed by atoms with E-state index in [1.165, 1.54) is 11.5 Å². The van der Waals surface area contributed by atoms with Crippen LogP contribution in [0.15, 0.2) is 9.60 Å². The summed E-state index contributed by atoms with van der Waals surface area (Å²) < 4.78 is 4.53. The highest BCUT2D eigenvalue weighted by Crippen LogP contribution is 2.29. The van der Waals surface area contributed by atoms with Gasteiger partial charge < -0.3 is 4.90 Å². The van der Waals surface area contributed by atoms with E-state index in [9.17, 15) is 0 Å². The van der Waals surface area contributed by atoms with Crippen molar-refractivity contribution in [1.82, 2.24) is 9.27 Å². The standard InChI is InChI=1S/C7H7BrN4S/c1-12(2)4-10-7-5(3-9)6(8)11-13-7/h4H,1-2H3/b10-4+. The maximum Gasteiger partial charge on any atom is 0.156 e. The van der Waals surface area contributed by atoms with Gasteiger partial charge in [0.05, 0.1) is 6.34 Å². The van der Waals surface area contributed by atoms with Gasteiger partial charge in [-0.1, -0.05) is 0 Å². The summed E-state index contributed by atoms with van der Waals surface area (Å²) in [5.74, 6) is 0. The van der Waals surface area contributed by atoms with Crippen molar-refractivity contribution in [2.24, 2.45) is 4.99 Å². The van der Waals surface area contributed by atoms with Gasteiger partial charge in [-0.05, 0) is 27.5 Å². The van der Waals surface area contributed by atoms with Gasteiger partial charge in [-0.2, -0.15) is 9.64 Å². The second-order valence-electron chi connectivity index (χ2n) is 2.47. The van der Waals surface area contributed by atoms with Gasteiger partial charge in [0.1, 0.15) is 16.2 Å². The maximum absolute atomic E-state index is 8.75. The van der Waals surface area contributed by atoms with Crippen LogP contribution < -0.4 is 0 Å². The Kier molecular flexibility index (Phi) is 3.39. The summed E-state index contributed by atoms with van der Waals surface area (Å²) in [6.45, 7) is 0. The van der Waals surface area contributed by atoms with E-state index in [4.69, 9.17) is 5.26 Å². The van der Waals surface area contributed by atoms with Gasteiger partial charge >= 0.3 is 0 Å². The van der Waals surface area contributed by atoms with Gasteiger partial charge in [0.25, 0.3) is 0 Å². The van der Waals surface area contributed by atoms with Gasteiger partial charge in [0.2, 0.25) is 0 Å². The molecule has 0 aliphatic carbocycles. The van der Waals surface area contributed by atoms with E-state index in [1.54, 1.807) is 11.2 Å². The van der Waals surface area contributed by atoms with E-state index in [-0.39, 0.29) is 0 Å². The lowest BCUT2D eigenvalue weighted by Gasteiger charge is -2.00. The Balaban J connectivity index is 2.97. The normalized spacial score (nSPS) is 10.3. The highest BCUT2D eigenvalue weighted by atomic mass is 79.9. The number of hydrogen-bond acceptors (Lipinski definition) is 4. The minimum atomic E-state index is 0.489. The van der Waals surface area contributed by atoms with E-state index in [0.29, 0.717) is 15.2 Å². The number of nitrogens with zero attached hydrogens (tertiary/aromatic N) is 4. The van der Waals surface area contributed by atoms with Crippen LogP contribution in [-0.4, -0.2) is 29.7 Å². The number of aromatic nitrogens is 1. The summed E-state index contributed by atoms with van der Waals surface area (Å²) in [5, 5.41) is 9.38. The topological polar surface area (TPSA) is 52.3 Å². The molecule has 68 valence electrons. The van der Waals surface area contributed by atoms with Crippen molar-refractivity contribution in [3.8, 4) is 6.07 Å². The van der Waals surface area contributed by atoms with Crippen molar-refractivity contribution in [2.75, 3.05) is 14.1 Å². The zero-order valence-corrected chi connectivity index (χ0v) is 9.55. The van der Waals surface area contributed by atoms with Gasteiger partial charge in [-0.25, -0.2) is 4.99 Å². The first-order chi connectivity index (χ1) is 6.15. The third-order valence-corrected chi connectivity index (χ3v) is 2.72. The van der Waals surface area contributed by atoms with Crippen molar-refractivity contribution >= 4 is 38.8 Å². The molecule has 0 atom stereocenters. The average Bonchev–Trinajstić information content (AvgIpc) is 2.42. The molecule has 0 N–H and O–H groups in total. The van der Waals surface area contributed by atoms with E-state index in [0.717, 1.165) is 0 Å². The number of nitriles is 1. The number of rotatable bonds is 2. The first-order valence-corrected chi connectivity index (χ1v) is 4.97. The summed E-state index contributed by atoms with van der Waals surface area (Å²) in [5.41, 5.74) is 0.489. The van der Waals surface area contributed by atoms with Gasteiger partial charge in [0, 0.05) is 14.1 Å². The van der Waals surface area contributed by atoms with Crippen LogP contribution in [0.3, 0.4) is 0 Å². The Bertz CT molecular complexity index is 363. The van der Waals surface area contributed by atoms with Gasteiger partial charge in [-0.3, -0.25) is 0 Å². The molecule has 0 aromatic carbocycles. The molecule has 0 saturated carbocycles. The van der Waals surface area contributed by atoms with Crippen LogP contribution in [0.5, 0.6) is 0 Å². The fourth-order valence-corrected chi connectivity index (χ4v) is 1.82. The minimum absolute atomic E-state index is 0.489. The molecule has 1 heterocycles. The van der Waals surface area contributed by atoms with Crippen LogP contribution in [-0.2, 0) is 0 Å². The first kappa shape index (κ1) is 10.2. The molecular formula is C7H7BrN4S. The average molecular weight is 259 g/mol. The summed E-state index contributed by atoms with van der Waals surface area (Å²) in [7, 11) is 3.73. The molecule has 0 fully saturated rings. The molecule has 0 amide bonds. The molecular weight excluding hydrogens is 252 g/mol. The third-order valence-electron chi connectivity index (χ3n) is 1.15. The SMILES string of the molecule is CN(C)/C=N/c1snc(Br)c1C#N. The fraction of sp³-hybridized carbons (Fsp3) is 0.286. The highest BCUT2D eigenvalue weighted by molar-refractivity contribution is 9.10. The molecule has 13 heavy (non-hydrogen) atoms. The molecule has 0 bridgehead atoms. The molecule has 6 heteroatoms. The molecule has 0 radical (unpaired) electrons.